The summed E-state index contributed by atoms with van der Waals surface area (Å²) in [6.45, 7) is 7.30. The number of fused-ring (bicyclic) bond motifs is 1. The minimum Gasteiger partial charge on any atom is -0.307 e. The Morgan fingerprint density at radius 2 is 1.81 bits per heavy atom. The van der Waals surface area contributed by atoms with Crippen LogP contribution in [0.25, 0.3) is 0 Å². The summed E-state index contributed by atoms with van der Waals surface area (Å²) in [5.41, 5.74) is 3.47. The maximum atomic E-state index is 4.04. The van der Waals surface area contributed by atoms with Crippen molar-refractivity contribution in [2.75, 3.05) is 0 Å². The number of hydrogen-bond donors (Lipinski definition) is 1. The molecule has 1 heteroatoms. The summed E-state index contributed by atoms with van der Waals surface area (Å²) in [5.74, 6) is 0.878. The molecule has 2 atom stereocenters. The molecule has 1 aromatic rings. The lowest BCUT2D eigenvalue weighted by Crippen LogP contribution is -2.45. The van der Waals surface area contributed by atoms with Gasteiger partial charge in [-0.05, 0) is 55.1 Å². The highest BCUT2D eigenvalue weighted by Gasteiger charge is 2.37. The van der Waals surface area contributed by atoms with Gasteiger partial charge in [0, 0.05) is 12.1 Å². The third-order valence-corrected chi connectivity index (χ3v) is 5.97. The van der Waals surface area contributed by atoms with E-state index in [0.717, 1.165) is 5.92 Å². The molecule has 116 valence electrons. The number of nitrogens with one attached hydrogen (secondary N) is 1. The van der Waals surface area contributed by atoms with Crippen LogP contribution in [-0.4, -0.2) is 6.04 Å². The molecular weight excluding hydrogens is 254 g/mol. The average Bonchev–Trinajstić information content (AvgIpc) is 2.51. The van der Waals surface area contributed by atoms with Gasteiger partial charge in [0.15, 0.2) is 0 Å². The first-order valence-electron chi connectivity index (χ1n) is 8.92. The lowest BCUT2D eigenvalue weighted by Gasteiger charge is -2.43. The van der Waals surface area contributed by atoms with Gasteiger partial charge in [-0.25, -0.2) is 0 Å². The van der Waals surface area contributed by atoms with Crippen LogP contribution in [0.15, 0.2) is 24.3 Å². The maximum Gasteiger partial charge on any atom is 0.0376 e. The van der Waals surface area contributed by atoms with E-state index >= 15 is 0 Å². The predicted molar refractivity (Wildman–Crippen MR) is 90.5 cm³/mol. The van der Waals surface area contributed by atoms with Gasteiger partial charge >= 0.3 is 0 Å². The number of benzene rings is 1. The van der Waals surface area contributed by atoms with Crippen LogP contribution < -0.4 is 5.32 Å². The highest BCUT2D eigenvalue weighted by molar-refractivity contribution is 5.34. The molecule has 1 fully saturated rings. The summed E-state index contributed by atoms with van der Waals surface area (Å²) in [5, 5.41) is 4.04. The third-order valence-electron chi connectivity index (χ3n) is 5.97. The second-order valence-electron chi connectivity index (χ2n) is 7.97. The second-order valence-corrected chi connectivity index (χ2v) is 7.97. The topological polar surface area (TPSA) is 12.0 Å². The molecule has 0 bridgehead atoms. The molecule has 1 saturated carbocycles. The highest BCUT2D eigenvalue weighted by atomic mass is 15.0. The SMILES string of the molecule is C[C@H](NC1c2ccccc2CCC1(C)C)C1CCCCC1. The van der Waals surface area contributed by atoms with Crippen LogP contribution in [0.5, 0.6) is 0 Å². The molecule has 2 aliphatic carbocycles. The Labute approximate surface area is 130 Å². The first-order chi connectivity index (χ1) is 10.1. The normalized spacial score (nSPS) is 27.1. The van der Waals surface area contributed by atoms with Crippen LogP contribution in [0.2, 0.25) is 0 Å². The molecule has 1 nitrogen and oxygen atoms in total. The van der Waals surface area contributed by atoms with Crippen molar-refractivity contribution in [2.45, 2.75) is 77.8 Å². The Kier molecular flexibility index (Phi) is 4.40. The molecule has 2 aliphatic rings. The van der Waals surface area contributed by atoms with Crippen LogP contribution in [0, 0.1) is 11.3 Å². The number of rotatable bonds is 3. The zero-order valence-electron chi connectivity index (χ0n) is 14.0. The largest absolute Gasteiger partial charge is 0.307 e. The minimum absolute atomic E-state index is 0.358. The molecule has 0 aromatic heterocycles. The zero-order chi connectivity index (χ0) is 14.9. The highest BCUT2D eigenvalue weighted by Crippen LogP contribution is 2.44. The van der Waals surface area contributed by atoms with E-state index in [2.05, 4.69) is 50.4 Å². The van der Waals surface area contributed by atoms with Gasteiger partial charge < -0.3 is 5.32 Å². The van der Waals surface area contributed by atoms with Crippen molar-refractivity contribution in [2.24, 2.45) is 11.3 Å². The van der Waals surface area contributed by atoms with E-state index < -0.39 is 0 Å². The van der Waals surface area contributed by atoms with Crippen LogP contribution in [0.4, 0.5) is 0 Å². The second kappa shape index (κ2) is 6.12. The maximum absolute atomic E-state index is 4.04. The van der Waals surface area contributed by atoms with Gasteiger partial charge in [0.2, 0.25) is 0 Å². The summed E-state index contributed by atoms with van der Waals surface area (Å²) >= 11 is 0. The van der Waals surface area contributed by atoms with Crippen molar-refractivity contribution < 1.29 is 0 Å². The molecular formula is C20H31N. The van der Waals surface area contributed by atoms with Gasteiger partial charge in [0.1, 0.15) is 0 Å². The molecule has 0 amide bonds. The van der Waals surface area contributed by atoms with Crippen LogP contribution >= 0.6 is 0 Å². The number of hydrogen-bond acceptors (Lipinski definition) is 1. The van der Waals surface area contributed by atoms with Crippen molar-refractivity contribution in [3.63, 3.8) is 0 Å². The summed E-state index contributed by atoms with van der Waals surface area (Å²) in [6.07, 6.45) is 9.67. The van der Waals surface area contributed by atoms with Gasteiger partial charge in [-0.3, -0.25) is 0 Å². The average molecular weight is 285 g/mol. The Balaban J connectivity index is 1.78. The lowest BCUT2D eigenvalue weighted by molar-refractivity contribution is 0.167. The van der Waals surface area contributed by atoms with Gasteiger partial charge in [-0.2, -0.15) is 0 Å². The summed E-state index contributed by atoms with van der Waals surface area (Å²) < 4.78 is 0. The van der Waals surface area contributed by atoms with Crippen LogP contribution in [-0.2, 0) is 6.42 Å². The first-order valence-corrected chi connectivity index (χ1v) is 8.92. The van der Waals surface area contributed by atoms with E-state index in [0.29, 0.717) is 17.5 Å². The van der Waals surface area contributed by atoms with Crippen molar-refractivity contribution in [3.05, 3.63) is 35.4 Å². The van der Waals surface area contributed by atoms with E-state index in [-0.39, 0.29) is 0 Å². The van der Waals surface area contributed by atoms with E-state index in [1.165, 1.54) is 44.9 Å². The molecule has 3 rings (SSSR count). The fourth-order valence-electron chi connectivity index (χ4n) is 4.41. The molecule has 0 aliphatic heterocycles. The monoisotopic (exact) mass is 285 g/mol. The zero-order valence-corrected chi connectivity index (χ0v) is 14.0. The smallest absolute Gasteiger partial charge is 0.0376 e. The molecule has 0 spiro atoms. The van der Waals surface area contributed by atoms with Crippen LogP contribution in [0.1, 0.15) is 76.5 Å². The minimum atomic E-state index is 0.358. The van der Waals surface area contributed by atoms with Crippen molar-refractivity contribution in [1.29, 1.82) is 0 Å². The van der Waals surface area contributed by atoms with E-state index in [4.69, 9.17) is 0 Å². The number of aryl methyl sites for hydroxylation is 1. The Morgan fingerprint density at radius 3 is 2.57 bits per heavy atom. The fourth-order valence-corrected chi connectivity index (χ4v) is 4.41. The summed E-state index contributed by atoms with van der Waals surface area (Å²) in [7, 11) is 0. The lowest BCUT2D eigenvalue weighted by atomic mass is 9.69. The van der Waals surface area contributed by atoms with E-state index in [9.17, 15) is 0 Å². The molecule has 0 heterocycles. The quantitative estimate of drug-likeness (QED) is 0.799. The van der Waals surface area contributed by atoms with Crippen molar-refractivity contribution >= 4 is 0 Å². The molecule has 0 saturated heterocycles. The van der Waals surface area contributed by atoms with E-state index in [1.54, 1.807) is 11.1 Å². The van der Waals surface area contributed by atoms with E-state index in [1.807, 2.05) is 0 Å². The molecule has 1 N–H and O–H groups in total. The fraction of sp³-hybridized carbons (Fsp3) is 0.700. The van der Waals surface area contributed by atoms with Gasteiger partial charge in [0.25, 0.3) is 0 Å². The molecule has 1 aromatic carbocycles. The Morgan fingerprint density at radius 1 is 1.10 bits per heavy atom. The van der Waals surface area contributed by atoms with Gasteiger partial charge in [-0.15, -0.1) is 0 Å². The summed E-state index contributed by atoms with van der Waals surface area (Å²) in [6, 6.07) is 10.2. The Bertz CT molecular complexity index is 470. The third kappa shape index (κ3) is 3.18. The molecule has 21 heavy (non-hydrogen) atoms. The Hall–Kier alpha value is -0.820. The van der Waals surface area contributed by atoms with Gasteiger partial charge in [-0.1, -0.05) is 57.4 Å². The van der Waals surface area contributed by atoms with Gasteiger partial charge in [0.05, 0.1) is 0 Å². The van der Waals surface area contributed by atoms with Crippen molar-refractivity contribution in [3.8, 4) is 0 Å². The summed E-state index contributed by atoms with van der Waals surface area (Å²) in [4.78, 5) is 0. The molecule has 0 radical (unpaired) electrons. The first kappa shape index (κ1) is 15.1. The standard InChI is InChI=1S/C20H31N/c1-15(16-9-5-4-6-10-16)21-19-18-12-8-7-11-17(18)13-14-20(19,2)3/h7-8,11-12,15-16,19,21H,4-6,9-10,13-14H2,1-3H3/t15-,19?/m0/s1. The molecule has 1 unspecified atom stereocenters. The predicted octanol–water partition coefficient (Wildman–Crippen LogP) is 5.26. The van der Waals surface area contributed by atoms with Crippen LogP contribution in [0.3, 0.4) is 0 Å². The van der Waals surface area contributed by atoms with Crippen molar-refractivity contribution in [1.82, 2.24) is 5.32 Å².